The van der Waals surface area contributed by atoms with Gasteiger partial charge in [0, 0.05) is 6.54 Å². The molecule has 0 aliphatic rings. The number of rotatable bonds is 2. The van der Waals surface area contributed by atoms with Gasteiger partial charge in [0.15, 0.2) is 0 Å². The molecule has 0 amide bonds. The van der Waals surface area contributed by atoms with Crippen LogP contribution >= 0.6 is 0 Å². The molecule has 0 aliphatic heterocycles. The van der Waals surface area contributed by atoms with E-state index in [1.807, 2.05) is 42.5 Å². The van der Waals surface area contributed by atoms with Gasteiger partial charge in [-0.2, -0.15) is 0 Å². The molecule has 0 radical (unpaired) electrons. The van der Waals surface area contributed by atoms with Gasteiger partial charge in [-0.15, -0.1) is 0 Å². The number of nitrogens with one attached hydrogen (secondary N) is 1. The first kappa shape index (κ1) is 12.6. The summed E-state index contributed by atoms with van der Waals surface area (Å²) in [5.74, 6) is 0.625. The maximum absolute atomic E-state index is 12.0. The van der Waals surface area contributed by atoms with Crippen LogP contribution < -0.4 is 11.3 Å². The minimum atomic E-state index is -0.107. The fourth-order valence-corrected chi connectivity index (χ4v) is 2.31. The van der Waals surface area contributed by atoms with Crippen LogP contribution in [-0.4, -0.2) is 9.97 Å². The Hall–Kier alpha value is -2.46. The van der Waals surface area contributed by atoms with Crippen LogP contribution in [0, 0.1) is 6.92 Å². The summed E-state index contributed by atoms with van der Waals surface area (Å²) < 4.78 is 0. The number of nitrogens with two attached hydrogens (primary N) is 1. The fourth-order valence-electron chi connectivity index (χ4n) is 2.31. The molecule has 20 heavy (non-hydrogen) atoms. The van der Waals surface area contributed by atoms with Crippen molar-refractivity contribution in [2.24, 2.45) is 5.73 Å². The maximum Gasteiger partial charge on any atom is 0.258 e. The van der Waals surface area contributed by atoms with Crippen LogP contribution in [0.3, 0.4) is 0 Å². The van der Waals surface area contributed by atoms with Crippen LogP contribution in [0.1, 0.15) is 11.4 Å². The van der Waals surface area contributed by atoms with Gasteiger partial charge in [-0.3, -0.25) is 4.79 Å². The topological polar surface area (TPSA) is 71.8 Å². The second kappa shape index (κ2) is 4.90. The molecule has 4 heteroatoms. The molecule has 0 spiro atoms. The summed E-state index contributed by atoms with van der Waals surface area (Å²) >= 11 is 0. The molecule has 0 fully saturated rings. The van der Waals surface area contributed by atoms with Crippen molar-refractivity contribution in [2.75, 3.05) is 0 Å². The van der Waals surface area contributed by atoms with Gasteiger partial charge >= 0.3 is 0 Å². The average molecular weight is 265 g/mol. The Morgan fingerprint density at radius 3 is 2.75 bits per heavy atom. The summed E-state index contributed by atoms with van der Waals surface area (Å²) in [5, 5.41) is 0.603. The Morgan fingerprint density at radius 1 is 1.15 bits per heavy atom. The zero-order valence-corrected chi connectivity index (χ0v) is 11.2. The lowest BCUT2D eigenvalue weighted by molar-refractivity contribution is 1.06. The number of H-pyrrole nitrogens is 1. The van der Waals surface area contributed by atoms with Gasteiger partial charge in [-0.25, -0.2) is 4.98 Å². The third-order valence-electron chi connectivity index (χ3n) is 3.32. The van der Waals surface area contributed by atoms with Crippen LogP contribution in [0.4, 0.5) is 0 Å². The molecule has 3 rings (SSSR count). The van der Waals surface area contributed by atoms with E-state index in [2.05, 4.69) is 9.97 Å². The smallest absolute Gasteiger partial charge is 0.258 e. The third-order valence-corrected chi connectivity index (χ3v) is 3.32. The summed E-state index contributed by atoms with van der Waals surface area (Å²) in [6.45, 7) is 2.28. The molecule has 0 bridgehead atoms. The average Bonchev–Trinajstić information content (AvgIpc) is 2.47. The number of hydrogen-bond donors (Lipinski definition) is 2. The molecule has 0 atom stereocenters. The highest BCUT2D eigenvalue weighted by Crippen LogP contribution is 2.23. The molecule has 0 saturated carbocycles. The number of fused-ring (bicyclic) bond motifs is 1. The molecule has 0 unspecified atom stereocenters. The van der Waals surface area contributed by atoms with Gasteiger partial charge in [-0.05, 0) is 41.8 Å². The van der Waals surface area contributed by atoms with Crippen LogP contribution in [0.5, 0.6) is 0 Å². The fraction of sp³-hybridized carbons (Fsp3) is 0.125. The number of hydrogen-bond acceptors (Lipinski definition) is 3. The van der Waals surface area contributed by atoms with Crippen molar-refractivity contribution in [1.82, 2.24) is 9.97 Å². The highest BCUT2D eigenvalue weighted by Gasteiger charge is 2.05. The van der Waals surface area contributed by atoms with E-state index in [9.17, 15) is 4.79 Å². The first-order chi connectivity index (χ1) is 9.67. The molecule has 1 aromatic heterocycles. The van der Waals surface area contributed by atoms with Gasteiger partial charge in [0.1, 0.15) is 5.82 Å². The lowest BCUT2D eigenvalue weighted by atomic mass is 10.0. The van der Waals surface area contributed by atoms with E-state index in [4.69, 9.17) is 5.73 Å². The maximum atomic E-state index is 12.0. The second-order valence-corrected chi connectivity index (χ2v) is 4.79. The van der Waals surface area contributed by atoms with E-state index in [1.165, 1.54) is 0 Å². The van der Waals surface area contributed by atoms with Crippen molar-refractivity contribution in [3.05, 3.63) is 64.2 Å². The molecule has 0 aliphatic carbocycles. The highest BCUT2D eigenvalue weighted by atomic mass is 16.1. The van der Waals surface area contributed by atoms with Gasteiger partial charge in [0.05, 0.1) is 10.9 Å². The van der Waals surface area contributed by atoms with Crippen LogP contribution in [-0.2, 0) is 6.54 Å². The van der Waals surface area contributed by atoms with Crippen LogP contribution in [0.25, 0.3) is 22.0 Å². The summed E-state index contributed by atoms with van der Waals surface area (Å²) in [7, 11) is 0. The van der Waals surface area contributed by atoms with Crippen LogP contribution in [0.15, 0.2) is 47.3 Å². The first-order valence-electron chi connectivity index (χ1n) is 6.47. The normalized spacial score (nSPS) is 10.9. The van der Waals surface area contributed by atoms with E-state index in [0.717, 1.165) is 16.7 Å². The monoisotopic (exact) mass is 265 g/mol. The summed E-state index contributed by atoms with van der Waals surface area (Å²) in [5.41, 5.74) is 9.38. The van der Waals surface area contributed by atoms with E-state index < -0.39 is 0 Å². The molecule has 3 N–H and O–H groups in total. The number of benzene rings is 2. The first-order valence-corrected chi connectivity index (χ1v) is 6.47. The van der Waals surface area contributed by atoms with Crippen LogP contribution in [0.2, 0.25) is 0 Å². The van der Waals surface area contributed by atoms with Crippen molar-refractivity contribution >= 4 is 10.9 Å². The van der Waals surface area contributed by atoms with Gasteiger partial charge < -0.3 is 10.7 Å². The number of aromatic amines is 1. The zero-order valence-electron chi connectivity index (χ0n) is 11.2. The molecule has 0 saturated heterocycles. The highest BCUT2D eigenvalue weighted by molar-refractivity contribution is 5.83. The van der Waals surface area contributed by atoms with Crippen molar-refractivity contribution in [2.45, 2.75) is 13.5 Å². The van der Waals surface area contributed by atoms with Gasteiger partial charge in [0.2, 0.25) is 0 Å². The van der Waals surface area contributed by atoms with E-state index >= 15 is 0 Å². The number of aryl methyl sites for hydroxylation is 1. The molecule has 4 nitrogen and oxygen atoms in total. The molecule has 2 aromatic carbocycles. The Bertz CT molecular complexity index is 836. The lowest BCUT2D eigenvalue weighted by Crippen LogP contribution is -2.09. The SMILES string of the molecule is Cc1nc2ccc(-c3cccc(CN)c3)cc2c(=O)[nH]1. The minimum Gasteiger partial charge on any atom is -0.326 e. The van der Waals surface area contributed by atoms with E-state index in [-0.39, 0.29) is 5.56 Å². The zero-order chi connectivity index (χ0) is 14.1. The standard InChI is InChI=1S/C16H15N3O/c1-10-18-15-6-5-13(8-14(15)16(20)19-10)12-4-2-3-11(7-12)9-17/h2-8H,9,17H2,1H3,(H,18,19,20). The lowest BCUT2D eigenvalue weighted by Gasteiger charge is -2.06. The largest absolute Gasteiger partial charge is 0.326 e. The Balaban J connectivity index is 2.20. The van der Waals surface area contributed by atoms with E-state index in [0.29, 0.717) is 23.3 Å². The van der Waals surface area contributed by atoms with Crippen molar-refractivity contribution in [1.29, 1.82) is 0 Å². The van der Waals surface area contributed by atoms with E-state index in [1.54, 1.807) is 6.92 Å². The Labute approximate surface area is 116 Å². The van der Waals surface area contributed by atoms with Crippen molar-refractivity contribution < 1.29 is 0 Å². The molecular weight excluding hydrogens is 250 g/mol. The molecular formula is C16H15N3O. The Kier molecular flexibility index (Phi) is 3.08. The molecule has 3 aromatic rings. The predicted octanol–water partition coefficient (Wildman–Crippen LogP) is 2.36. The predicted molar refractivity (Wildman–Crippen MR) is 80.4 cm³/mol. The van der Waals surface area contributed by atoms with Crippen molar-refractivity contribution in [3.8, 4) is 11.1 Å². The van der Waals surface area contributed by atoms with Crippen molar-refractivity contribution in [3.63, 3.8) is 0 Å². The summed E-state index contributed by atoms with van der Waals surface area (Å²) in [4.78, 5) is 19.0. The molecule has 100 valence electrons. The Morgan fingerprint density at radius 2 is 1.95 bits per heavy atom. The van der Waals surface area contributed by atoms with Gasteiger partial charge in [-0.1, -0.05) is 24.3 Å². The number of nitrogens with zero attached hydrogens (tertiary/aromatic N) is 1. The van der Waals surface area contributed by atoms with Gasteiger partial charge in [0.25, 0.3) is 5.56 Å². The minimum absolute atomic E-state index is 0.107. The summed E-state index contributed by atoms with van der Waals surface area (Å²) in [6.07, 6.45) is 0. The third kappa shape index (κ3) is 2.21. The quantitative estimate of drug-likeness (QED) is 0.747. The molecule has 1 heterocycles. The number of aromatic nitrogens is 2. The summed E-state index contributed by atoms with van der Waals surface area (Å²) in [6, 6.07) is 13.7. The second-order valence-electron chi connectivity index (χ2n) is 4.79.